The fourth-order valence-electron chi connectivity index (χ4n) is 5.37. The van der Waals surface area contributed by atoms with Crippen molar-refractivity contribution in [2.45, 2.75) is 31.5 Å². The van der Waals surface area contributed by atoms with Crippen molar-refractivity contribution >= 4 is 17.5 Å². The minimum atomic E-state index is -4.45. The third-order valence-electron chi connectivity index (χ3n) is 7.32. The monoisotopic (exact) mass is 531 g/mol. The number of nitrogens with zero attached hydrogens (tertiary/aromatic N) is 5. The highest BCUT2D eigenvalue weighted by molar-refractivity contribution is 6.02. The molecule has 0 atom stereocenters. The highest BCUT2D eigenvalue weighted by Gasteiger charge is 2.36. The molecular weight excluding hydrogens is 507 g/mol. The summed E-state index contributed by atoms with van der Waals surface area (Å²) in [6.45, 7) is 0.931. The molecule has 2 aliphatic rings. The van der Waals surface area contributed by atoms with Crippen molar-refractivity contribution in [3.05, 3.63) is 95.9 Å². The number of likely N-dealkylation sites (tertiary alicyclic amines) is 1. The summed E-state index contributed by atoms with van der Waals surface area (Å²) in [6.07, 6.45) is 0.429. The van der Waals surface area contributed by atoms with Crippen LogP contribution in [0.1, 0.15) is 34.5 Å². The highest BCUT2D eigenvalue weighted by Crippen LogP contribution is 2.34. The number of para-hydroxylation sites is 1. The summed E-state index contributed by atoms with van der Waals surface area (Å²) in [5, 5.41) is 4.52. The smallest absolute Gasteiger partial charge is 0.337 e. The number of hydrogen-bond acceptors (Lipinski definition) is 4. The average molecular weight is 532 g/mol. The number of aromatic nitrogens is 3. The van der Waals surface area contributed by atoms with Gasteiger partial charge >= 0.3 is 6.18 Å². The maximum absolute atomic E-state index is 13.5. The average Bonchev–Trinajstić information content (AvgIpc) is 3.54. The van der Waals surface area contributed by atoms with Crippen LogP contribution in [-0.2, 0) is 17.4 Å². The molecule has 1 saturated heterocycles. The number of carbonyl (C=O) groups excluding carboxylic acids is 2. The minimum Gasteiger partial charge on any atom is -0.337 e. The lowest BCUT2D eigenvalue weighted by atomic mass is 10.0. The first-order valence-electron chi connectivity index (χ1n) is 12.7. The summed E-state index contributed by atoms with van der Waals surface area (Å²) < 4.78 is 40.8. The number of hydrogen-bond donors (Lipinski definition) is 0. The van der Waals surface area contributed by atoms with Gasteiger partial charge in [0.15, 0.2) is 5.69 Å². The molecule has 7 nitrogen and oxygen atoms in total. The second kappa shape index (κ2) is 9.68. The van der Waals surface area contributed by atoms with Crippen molar-refractivity contribution in [2.24, 2.45) is 0 Å². The Morgan fingerprint density at radius 3 is 2.31 bits per heavy atom. The molecule has 6 rings (SSSR count). The second-order valence-corrected chi connectivity index (χ2v) is 9.70. The van der Waals surface area contributed by atoms with Gasteiger partial charge in [-0.1, -0.05) is 18.2 Å². The fourth-order valence-corrected chi connectivity index (χ4v) is 5.37. The molecule has 4 aromatic rings. The van der Waals surface area contributed by atoms with Gasteiger partial charge in [-0.25, -0.2) is 4.68 Å². The van der Waals surface area contributed by atoms with E-state index in [9.17, 15) is 22.8 Å². The van der Waals surface area contributed by atoms with Gasteiger partial charge in [-0.2, -0.15) is 18.3 Å². The molecule has 10 heteroatoms. The number of amides is 2. The Kier molecular flexibility index (Phi) is 6.17. The van der Waals surface area contributed by atoms with Gasteiger partial charge in [0.05, 0.1) is 23.4 Å². The first-order valence-corrected chi connectivity index (χ1v) is 12.7. The van der Waals surface area contributed by atoms with E-state index >= 15 is 0 Å². The van der Waals surface area contributed by atoms with E-state index < -0.39 is 11.7 Å². The number of alkyl halides is 3. The van der Waals surface area contributed by atoms with Gasteiger partial charge in [0.1, 0.15) is 0 Å². The number of rotatable bonds is 4. The van der Waals surface area contributed by atoms with E-state index in [0.717, 1.165) is 28.9 Å². The van der Waals surface area contributed by atoms with Crippen molar-refractivity contribution in [3.8, 4) is 16.9 Å². The zero-order valence-electron chi connectivity index (χ0n) is 20.8. The van der Waals surface area contributed by atoms with E-state index in [1.165, 1.54) is 16.8 Å². The highest BCUT2D eigenvalue weighted by atomic mass is 19.4. The van der Waals surface area contributed by atoms with Gasteiger partial charge in [-0.15, -0.1) is 0 Å². The molecule has 1 fully saturated rings. The fraction of sp³-hybridized carbons (Fsp3) is 0.241. The Morgan fingerprint density at radius 2 is 1.62 bits per heavy atom. The number of fused-ring (bicyclic) bond motifs is 1. The Hall–Kier alpha value is -4.47. The summed E-state index contributed by atoms with van der Waals surface area (Å²) in [7, 11) is 0. The van der Waals surface area contributed by atoms with Crippen molar-refractivity contribution in [1.29, 1.82) is 0 Å². The first-order chi connectivity index (χ1) is 18.8. The number of anilines is 1. The van der Waals surface area contributed by atoms with Crippen LogP contribution in [0.2, 0.25) is 0 Å². The third kappa shape index (κ3) is 4.67. The molecule has 2 aromatic heterocycles. The Balaban J connectivity index is 1.24. The van der Waals surface area contributed by atoms with Gasteiger partial charge in [0, 0.05) is 42.8 Å². The Morgan fingerprint density at radius 1 is 0.923 bits per heavy atom. The standard InChI is InChI=1S/C29H24F3N5O2/c30-29(31,32)21-5-7-23(8-6-21)37-26(19-9-13-33-14-10-19)18-24(34-37)28(39)35-15-11-22(12-16-35)36-25-4-2-1-3-20(25)17-27(36)38/h1-10,13-14,18,22H,11-12,15-17H2. The van der Waals surface area contributed by atoms with E-state index in [0.29, 0.717) is 43.7 Å². The molecule has 2 aromatic carbocycles. The Labute approximate surface area is 222 Å². The maximum Gasteiger partial charge on any atom is 0.416 e. The molecule has 2 amide bonds. The van der Waals surface area contributed by atoms with Crippen molar-refractivity contribution in [3.63, 3.8) is 0 Å². The van der Waals surface area contributed by atoms with E-state index in [1.54, 1.807) is 35.5 Å². The van der Waals surface area contributed by atoms with Gasteiger partial charge in [0.25, 0.3) is 5.91 Å². The normalized spacial score (nSPS) is 16.0. The molecule has 0 N–H and O–H groups in total. The molecule has 0 unspecified atom stereocenters. The van der Waals surface area contributed by atoms with Crippen LogP contribution in [0.5, 0.6) is 0 Å². The lowest BCUT2D eigenvalue weighted by Crippen LogP contribution is -2.48. The van der Waals surface area contributed by atoms with Crippen molar-refractivity contribution in [2.75, 3.05) is 18.0 Å². The van der Waals surface area contributed by atoms with Crippen molar-refractivity contribution in [1.82, 2.24) is 19.7 Å². The summed E-state index contributed by atoms with van der Waals surface area (Å²) in [4.78, 5) is 33.9. The topological polar surface area (TPSA) is 71.3 Å². The molecular formula is C29H24F3N5O2. The third-order valence-corrected chi connectivity index (χ3v) is 7.32. The molecule has 39 heavy (non-hydrogen) atoms. The summed E-state index contributed by atoms with van der Waals surface area (Å²) >= 11 is 0. The molecule has 0 spiro atoms. The second-order valence-electron chi connectivity index (χ2n) is 9.70. The predicted octanol–water partition coefficient (Wildman–Crippen LogP) is 5.15. The zero-order valence-corrected chi connectivity index (χ0v) is 20.8. The quantitative estimate of drug-likeness (QED) is 0.365. The molecule has 0 saturated carbocycles. The van der Waals surface area contributed by atoms with E-state index in [-0.39, 0.29) is 23.6 Å². The molecule has 4 heterocycles. The van der Waals surface area contributed by atoms with Crippen molar-refractivity contribution < 1.29 is 22.8 Å². The van der Waals surface area contributed by atoms with Crippen LogP contribution in [0.4, 0.5) is 18.9 Å². The number of carbonyl (C=O) groups is 2. The van der Waals surface area contributed by atoms with E-state index in [2.05, 4.69) is 10.1 Å². The van der Waals surface area contributed by atoms with Crippen LogP contribution in [0.3, 0.4) is 0 Å². The van der Waals surface area contributed by atoms with Crippen LogP contribution in [0.25, 0.3) is 16.9 Å². The number of benzene rings is 2. The van der Waals surface area contributed by atoms with Crippen LogP contribution in [-0.4, -0.2) is 50.6 Å². The van der Waals surface area contributed by atoms with Crippen LogP contribution in [0.15, 0.2) is 79.1 Å². The van der Waals surface area contributed by atoms with Gasteiger partial charge in [-0.3, -0.25) is 14.6 Å². The van der Waals surface area contributed by atoms with Gasteiger partial charge in [-0.05, 0) is 66.9 Å². The summed E-state index contributed by atoms with van der Waals surface area (Å²) in [5.41, 5.74) is 3.10. The minimum absolute atomic E-state index is 0.0160. The largest absolute Gasteiger partial charge is 0.416 e. The van der Waals surface area contributed by atoms with Crippen LogP contribution in [0, 0.1) is 0 Å². The summed E-state index contributed by atoms with van der Waals surface area (Å²) in [6, 6.07) is 17.6. The molecule has 2 aliphatic heterocycles. The lowest BCUT2D eigenvalue weighted by molar-refractivity contribution is -0.137. The maximum atomic E-state index is 13.5. The van der Waals surface area contributed by atoms with E-state index in [1.807, 2.05) is 29.2 Å². The Bertz CT molecular complexity index is 1520. The summed E-state index contributed by atoms with van der Waals surface area (Å²) in [5.74, 6) is -0.180. The van der Waals surface area contributed by atoms with Crippen LogP contribution >= 0.6 is 0 Å². The predicted molar refractivity (Wildman–Crippen MR) is 138 cm³/mol. The van der Waals surface area contributed by atoms with Gasteiger partial charge < -0.3 is 9.80 Å². The molecule has 0 radical (unpaired) electrons. The number of pyridine rings is 1. The first kappa shape index (κ1) is 24.8. The lowest BCUT2D eigenvalue weighted by Gasteiger charge is -2.36. The van der Waals surface area contributed by atoms with E-state index in [4.69, 9.17) is 0 Å². The zero-order chi connectivity index (χ0) is 27.1. The van der Waals surface area contributed by atoms with Crippen LogP contribution < -0.4 is 4.90 Å². The molecule has 0 bridgehead atoms. The molecule has 198 valence electrons. The SMILES string of the molecule is O=C(c1cc(-c2ccncc2)n(-c2ccc(C(F)(F)F)cc2)n1)N1CCC(N2C(=O)Cc3ccccc32)CC1. The number of piperidine rings is 1. The number of halogens is 3. The molecule has 0 aliphatic carbocycles. The van der Waals surface area contributed by atoms with Gasteiger partial charge in [0.2, 0.25) is 5.91 Å².